The van der Waals surface area contributed by atoms with Gasteiger partial charge < -0.3 is 10.0 Å². The smallest absolute Gasteiger partial charge is 0.257 e. The second kappa shape index (κ2) is 7.70. The lowest BCUT2D eigenvalue weighted by molar-refractivity contribution is 0.0758. The Bertz CT molecular complexity index is 740. The Hall–Kier alpha value is -2.33. The summed E-state index contributed by atoms with van der Waals surface area (Å²) in [6.45, 7) is 8.21. The number of phenols is 1. The lowest BCUT2D eigenvalue weighted by Gasteiger charge is -2.22. The van der Waals surface area contributed by atoms with E-state index in [0.717, 1.165) is 38.2 Å². The Morgan fingerprint density at radius 1 is 0.960 bits per heavy atom. The van der Waals surface area contributed by atoms with E-state index in [0.29, 0.717) is 12.1 Å². The van der Waals surface area contributed by atoms with Crippen molar-refractivity contribution in [2.45, 2.75) is 26.8 Å². The molecule has 2 aromatic rings. The number of nitrogens with zero attached hydrogens (tertiary/aromatic N) is 2. The average molecular weight is 338 g/mol. The lowest BCUT2D eigenvalue weighted by atomic mass is 10.1. The molecule has 0 radical (unpaired) electrons. The number of hydrogen-bond donors (Lipinski definition) is 1. The Balaban J connectivity index is 1.64. The number of rotatable bonds is 3. The van der Waals surface area contributed by atoms with Crippen LogP contribution in [0, 0.1) is 13.8 Å². The van der Waals surface area contributed by atoms with Gasteiger partial charge in [-0.15, -0.1) is 0 Å². The molecule has 0 aliphatic carbocycles. The maximum atomic E-state index is 12.8. The fraction of sp³-hybridized carbons (Fsp3) is 0.381. The molecular formula is C21H26N2O2. The van der Waals surface area contributed by atoms with Gasteiger partial charge in [0.15, 0.2) is 0 Å². The van der Waals surface area contributed by atoms with Crippen molar-refractivity contribution in [3.8, 4) is 5.75 Å². The van der Waals surface area contributed by atoms with E-state index in [2.05, 4.69) is 36.1 Å². The van der Waals surface area contributed by atoms with Gasteiger partial charge in [0.2, 0.25) is 0 Å². The minimum Gasteiger partial charge on any atom is -0.507 e. The minimum absolute atomic E-state index is 0.0661. The highest BCUT2D eigenvalue weighted by Gasteiger charge is 2.22. The summed E-state index contributed by atoms with van der Waals surface area (Å²) in [4.78, 5) is 17.0. The molecule has 1 heterocycles. The molecule has 1 saturated heterocycles. The van der Waals surface area contributed by atoms with Gasteiger partial charge in [-0.3, -0.25) is 9.69 Å². The topological polar surface area (TPSA) is 43.8 Å². The predicted molar refractivity (Wildman–Crippen MR) is 99.8 cm³/mol. The molecule has 0 atom stereocenters. The molecular weight excluding hydrogens is 312 g/mol. The van der Waals surface area contributed by atoms with Crippen LogP contribution in [0.15, 0.2) is 42.5 Å². The van der Waals surface area contributed by atoms with E-state index >= 15 is 0 Å². The summed E-state index contributed by atoms with van der Waals surface area (Å²) in [5.74, 6) is -0.00487. The third-order valence-electron chi connectivity index (χ3n) is 4.78. The number of phenolic OH excluding ortho intramolecular Hbond substituents is 1. The highest BCUT2D eigenvalue weighted by atomic mass is 16.3. The van der Waals surface area contributed by atoms with Crippen molar-refractivity contribution >= 4 is 5.91 Å². The zero-order chi connectivity index (χ0) is 17.8. The summed E-state index contributed by atoms with van der Waals surface area (Å²) in [7, 11) is 0. The van der Waals surface area contributed by atoms with Gasteiger partial charge in [0.25, 0.3) is 5.91 Å². The van der Waals surface area contributed by atoms with Crippen molar-refractivity contribution in [1.29, 1.82) is 0 Å². The van der Waals surface area contributed by atoms with E-state index in [1.165, 1.54) is 11.1 Å². The van der Waals surface area contributed by atoms with Crippen molar-refractivity contribution in [1.82, 2.24) is 9.80 Å². The van der Waals surface area contributed by atoms with E-state index in [-0.39, 0.29) is 11.7 Å². The van der Waals surface area contributed by atoms with Gasteiger partial charge in [0.05, 0.1) is 5.56 Å². The van der Waals surface area contributed by atoms with Crippen LogP contribution in [0.5, 0.6) is 5.75 Å². The second-order valence-corrected chi connectivity index (χ2v) is 6.93. The first-order valence-electron chi connectivity index (χ1n) is 8.90. The fourth-order valence-corrected chi connectivity index (χ4v) is 3.28. The normalized spacial score (nSPS) is 15.8. The number of amides is 1. The van der Waals surface area contributed by atoms with Gasteiger partial charge in [-0.05, 0) is 38.0 Å². The van der Waals surface area contributed by atoms with Crippen LogP contribution in [-0.4, -0.2) is 47.0 Å². The highest BCUT2D eigenvalue weighted by molar-refractivity contribution is 5.97. The second-order valence-electron chi connectivity index (χ2n) is 6.93. The molecule has 0 unspecified atom stereocenters. The molecule has 1 aliphatic heterocycles. The molecule has 1 amide bonds. The highest BCUT2D eigenvalue weighted by Crippen LogP contribution is 2.21. The van der Waals surface area contributed by atoms with E-state index in [4.69, 9.17) is 0 Å². The zero-order valence-corrected chi connectivity index (χ0v) is 15.0. The molecule has 132 valence electrons. The molecule has 2 aromatic carbocycles. The molecule has 25 heavy (non-hydrogen) atoms. The monoisotopic (exact) mass is 338 g/mol. The summed E-state index contributed by atoms with van der Waals surface area (Å²) >= 11 is 0. The maximum Gasteiger partial charge on any atom is 0.257 e. The van der Waals surface area contributed by atoms with Gasteiger partial charge in [-0.2, -0.15) is 0 Å². The number of carbonyl (C=O) groups is 1. The third-order valence-corrected chi connectivity index (χ3v) is 4.78. The van der Waals surface area contributed by atoms with Gasteiger partial charge in [0.1, 0.15) is 5.75 Å². The van der Waals surface area contributed by atoms with Crippen LogP contribution >= 0.6 is 0 Å². The summed E-state index contributed by atoms with van der Waals surface area (Å²) in [6, 6.07) is 13.8. The van der Waals surface area contributed by atoms with Crippen LogP contribution in [0.3, 0.4) is 0 Å². The predicted octanol–water partition coefficient (Wildman–Crippen LogP) is 3.36. The molecule has 4 heteroatoms. The molecule has 1 aliphatic rings. The first-order chi connectivity index (χ1) is 12.0. The number of aromatic hydroxyl groups is 1. The van der Waals surface area contributed by atoms with Crippen LogP contribution in [0.25, 0.3) is 0 Å². The number of aryl methyl sites for hydroxylation is 2. The van der Waals surface area contributed by atoms with Crippen LogP contribution < -0.4 is 0 Å². The van der Waals surface area contributed by atoms with E-state index in [9.17, 15) is 9.90 Å². The summed E-state index contributed by atoms with van der Waals surface area (Å²) < 4.78 is 0. The van der Waals surface area contributed by atoms with Gasteiger partial charge in [-0.1, -0.05) is 41.5 Å². The van der Waals surface area contributed by atoms with Gasteiger partial charge >= 0.3 is 0 Å². The van der Waals surface area contributed by atoms with Crippen LogP contribution in [0.2, 0.25) is 0 Å². The van der Waals surface area contributed by atoms with Crippen LogP contribution in [0.4, 0.5) is 0 Å². The molecule has 0 bridgehead atoms. The van der Waals surface area contributed by atoms with E-state index in [1.807, 2.05) is 17.9 Å². The van der Waals surface area contributed by atoms with Gasteiger partial charge in [0, 0.05) is 32.7 Å². The maximum absolute atomic E-state index is 12.8. The lowest BCUT2D eigenvalue weighted by Crippen LogP contribution is -2.35. The SMILES string of the molecule is Cc1ccc(CN2CCCN(C(=O)c3cc(C)ccc3O)CC2)cc1. The van der Waals surface area contributed by atoms with E-state index < -0.39 is 0 Å². The Morgan fingerprint density at radius 2 is 1.68 bits per heavy atom. The fourth-order valence-electron chi connectivity index (χ4n) is 3.28. The Kier molecular flexibility index (Phi) is 5.39. The van der Waals surface area contributed by atoms with Crippen molar-refractivity contribution < 1.29 is 9.90 Å². The van der Waals surface area contributed by atoms with Crippen molar-refractivity contribution in [3.63, 3.8) is 0 Å². The van der Waals surface area contributed by atoms with Gasteiger partial charge in [-0.25, -0.2) is 0 Å². The summed E-state index contributed by atoms with van der Waals surface area (Å²) in [5.41, 5.74) is 3.97. The number of hydrogen-bond acceptors (Lipinski definition) is 3. The quantitative estimate of drug-likeness (QED) is 0.933. The zero-order valence-electron chi connectivity index (χ0n) is 15.0. The Labute approximate surface area is 149 Å². The number of benzene rings is 2. The molecule has 0 saturated carbocycles. The van der Waals surface area contributed by atoms with E-state index in [1.54, 1.807) is 12.1 Å². The first kappa shape index (κ1) is 17.5. The third kappa shape index (κ3) is 4.40. The molecule has 0 aromatic heterocycles. The molecule has 1 N–H and O–H groups in total. The van der Waals surface area contributed by atoms with Crippen LogP contribution in [0.1, 0.15) is 33.5 Å². The van der Waals surface area contributed by atoms with Crippen molar-refractivity contribution in [2.24, 2.45) is 0 Å². The molecule has 3 rings (SSSR count). The largest absolute Gasteiger partial charge is 0.507 e. The minimum atomic E-state index is -0.0709. The average Bonchev–Trinajstić information content (AvgIpc) is 2.84. The molecule has 1 fully saturated rings. The van der Waals surface area contributed by atoms with Crippen molar-refractivity contribution in [2.75, 3.05) is 26.2 Å². The Morgan fingerprint density at radius 3 is 2.44 bits per heavy atom. The summed E-state index contributed by atoms with van der Waals surface area (Å²) in [6.07, 6.45) is 0.949. The first-order valence-corrected chi connectivity index (χ1v) is 8.90. The standard InChI is InChI=1S/C21H26N2O2/c1-16-4-7-18(8-5-16)15-22-10-3-11-23(13-12-22)21(25)19-14-17(2)6-9-20(19)24/h4-9,14,24H,3,10-13,15H2,1-2H3. The molecule has 0 spiro atoms. The van der Waals surface area contributed by atoms with Crippen molar-refractivity contribution in [3.05, 3.63) is 64.7 Å². The summed E-state index contributed by atoms with van der Waals surface area (Å²) in [5, 5.41) is 10.0. The van der Waals surface area contributed by atoms with Crippen LogP contribution in [-0.2, 0) is 6.54 Å². The molecule has 4 nitrogen and oxygen atoms in total. The number of carbonyl (C=O) groups excluding carboxylic acids is 1.